The Morgan fingerprint density at radius 3 is 2.59 bits per heavy atom. The number of benzene rings is 1. The summed E-state index contributed by atoms with van der Waals surface area (Å²) in [5.74, 6) is 2.52. The molecule has 0 radical (unpaired) electrons. The normalized spacial score (nSPS) is 20.9. The first-order valence-electron chi connectivity index (χ1n) is 9.90. The first-order valence-corrected chi connectivity index (χ1v) is 9.90. The second-order valence-electron chi connectivity index (χ2n) is 8.51. The van der Waals surface area contributed by atoms with Crippen LogP contribution in [0.15, 0.2) is 29.3 Å². The quantitative estimate of drug-likeness (QED) is 0.367. The minimum Gasteiger partial charge on any atom is -0.488 e. The summed E-state index contributed by atoms with van der Waals surface area (Å²) in [5, 5.41) is 6.93. The van der Waals surface area contributed by atoms with Crippen LogP contribution in [-0.2, 0) is 6.54 Å². The second-order valence-corrected chi connectivity index (χ2v) is 8.51. The molecule has 1 aliphatic heterocycles. The molecule has 1 saturated carbocycles. The molecular weight excluding hydrogens is 451 g/mol. The van der Waals surface area contributed by atoms with Gasteiger partial charge in [-0.2, -0.15) is 0 Å². The van der Waals surface area contributed by atoms with Crippen LogP contribution in [0.25, 0.3) is 0 Å². The fourth-order valence-electron chi connectivity index (χ4n) is 3.52. The predicted octanol–water partition coefficient (Wildman–Crippen LogP) is 3.63. The Bertz CT molecular complexity index is 625. The number of hydrogen-bond donors (Lipinski definition) is 2. The molecule has 1 aromatic rings. The molecule has 5 nitrogen and oxygen atoms in total. The monoisotopic (exact) mass is 486 g/mol. The molecule has 0 spiro atoms. The maximum Gasteiger partial charge on any atom is 0.191 e. The molecule has 3 rings (SSSR count). The number of aliphatic imine (C=N–C) groups is 1. The highest BCUT2D eigenvalue weighted by atomic mass is 127. The lowest BCUT2D eigenvalue weighted by Crippen LogP contribution is -2.40. The summed E-state index contributed by atoms with van der Waals surface area (Å²) in [6.07, 6.45) is 4.10. The van der Waals surface area contributed by atoms with Gasteiger partial charge in [0.1, 0.15) is 11.4 Å². The molecular formula is C21H35IN4O. The number of guanidine groups is 1. The van der Waals surface area contributed by atoms with Crippen LogP contribution in [0.5, 0.6) is 5.75 Å². The van der Waals surface area contributed by atoms with Gasteiger partial charge in [-0.1, -0.05) is 18.2 Å². The zero-order valence-electron chi connectivity index (χ0n) is 17.1. The largest absolute Gasteiger partial charge is 0.488 e. The Morgan fingerprint density at radius 1 is 1.19 bits per heavy atom. The number of halogens is 1. The number of para-hydroxylation sites is 1. The topological polar surface area (TPSA) is 48.9 Å². The fraction of sp³-hybridized carbons (Fsp3) is 0.667. The van der Waals surface area contributed by atoms with Crippen LogP contribution < -0.4 is 15.4 Å². The Kier molecular flexibility index (Phi) is 8.21. The van der Waals surface area contributed by atoms with Gasteiger partial charge in [-0.25, -0.2) is 0 Å². The van der Waals surface area contributed by atoms with Crippen molar-refractivity contribution in [3.8, 4) is 5.75 Å². The van der Waals surface area contributed by atoms with Crippen LogP contribution in [-0.4, -0.2) is 49.2 Å². The lowest BCUT2D eigenvalue weighted by atomic mass is 10.1. The summed E-state index contributed by atoms with van der Waals surface area (Å²) in [5.41, 5.74) is 0.942. The van der Waals surface area contributed by atoms with Crippen LogP contribution in [0.3, 0.4) is 0 Å². The van der Waals surface area contributed by atoms with Gasteiger partial charge in [0.25, 0.3) is 0 Å². The van der Waals surface area contributed by atoms with Gasteiger partial charge < -0.3 is 20.3 Å². The number of hydrogen-bond acceptors (Lipinski definition) is 3. The number of nitrogens with one attached hydrogen (secondary N) is 2. The standard InChI is InChI=1S/C21H34N4O.HI/c1-21(2,3)26-19-8-6-5-7-17(19)14-24-20(22-4)23-13-16-11-12-25(15-16)18-9-10-18;/h5-8,16,18H,9-15H2,1-4H3,(H2,22,23,24);1H. The van der Waals surface area contributed by atoms with Crippen LogP contribution in [0.2, 0.25) is 0 Å². The van der Waals surface area contributed by atoms with E-state index in [0.29, 0.717) is 6.54 Å². The second kappa shape index (κ2) is 9.96. The van der Waals surface area contributed by atoms with Crippen LogP contribution in [0, 0.1) is 5.92 Å². The molecule has 1 aromatic carbocycles. The maximum absolute atomic E-state index is 6.07. The minimum atomic E-state index is -0.202. The van der Waals surface area contributed by atoms with Crippen LogP contribution in [0.4, 0.5) is 0 Å². The summed E-state index contributed by atoms with van der Waals surface area (Å²) < 4.78 is 6.07. The zero-order chi connectivity index (χ0) is 18.6. The van der Waals surface area contributed by atoms with E-state index >= 15 is 0 Å². The van der Waals surface area contributed by atoms with E-state index < -0.39 is 0 Å². The van der Waals surface area contributed by atoms with Crippen LogP contribution >= 0.6 is 24.0 Å². The molecule has 0 bridgehead atoms. The van der Waals surface area contributed by atoms with E-state index in [1.54, 1.807) is 0 Å². The third-order valence-corrected chi connectivity index (χ3v) is 5.00. The minimum absolute atomic E-state index is 0. The smallest absolute Gasteiger partial charge is 0.191 e. The van der Waals surface area contributed by atoms with Crippen LogP contribution in [0.1, 0.15) is 45.6 Å². The third-order valence-electron chi connectivity index (χ3n) is 5.00. The van der Waals surface area contributed by atoms with E-state index in [0.717, 1.165) is 35.8 Å². The number of likely N-dealkylation sites (tertiary alicyclic amines) is 1. The summed E-state index contributed by atoms with van der Waals surface area (Å²) in [6.45, 7) is 10.4. The molecule has 1 saturated heterocycles. The van der Waals surface area contributed by atoms with Gasteiger partial charge in [-0.3, -0.25) is 4.99 Å². The van der Waals surface area contributed by atoms with Crippen molar-refractivity contribution in [1.82, 2.24) is 15.5 Å². The first-order chi connectivity index (χ1) is 12.4. The molecule has 1 aliphatic carbocycles. The lowest BCUT2D eigenvalue weighted by Gasteiger charge is -2.23. The molecule has 1 atom stereocenters. The summed E-state index contributed by atoms with van der Waals surface area (Å²) >= 11 is 0. The average Bonchev–Trinajstić information content (AvgIpc) is 3.34. The van der Waals surface area contributed by atoms with Crippen molar-refractivity contribution >= 4 is 29.9 Å². The van der Waals surface area contributed by atoms with Crippen molar-refractivity contribution in [2.45, 2.75) is 58.2 Å². The molecule has 2 N–H and O–H groups in total. The zero-order valence-corrected chi connectivity index (χ0v) is 19.5. The average molecular weight is 486 g/mol. The van der Waals surface area contributed by atoms with Crippen molar-refractivity contribution in [3.63, 3.8) is 0 Å². The van der Waals surface area contributed by atoms with Gasteiger partial charge in [0.15, 0.2) is 5.96 Å². The first kappa shape index (κ1) is 22.3. The Morgan fingerprint density at radius 2 is 1.93 bits per heavy atom. The van der Waals surface area contributed by atoms with E-state index in [4.69, 9.17) is 4.74 Å². The SMILES string of the molecule is CN=C(NCc1ccccc1OC(C)(C)C)NCC1CCN(C2CC2)C1.I. The Labute approximate surface area is 181 Å². The van der Waals surface area contributed by atoms with Crippen molar-refractivity contribution < 1.29 is 4.74 Å². The van der Waals surface area contributed by atoms with Crippen molar-refractivity contribution in [2.24, 2.45) is 10.9 Å². The van der Waals surface area contributed by atoms with Crippen molar-refractivity contribution in [1.29, 1.82) is 0 Å². The third kappa shape index (κ3) is 7.14. The molecule has 27 heavy (non-hydrogen) atoms. The summed E-state index contributed by atoms with van der Waals surface area (Å²) in [7, 11) is 1.83. The Balaban J connectivity index is 0.00000261. The molecule has 0 amide bonds. The number of rotatable bonds is 6. The van der Waals surface area contributed by atoms with E-state index in [-0.39, 0.29) is 29.6 Å². The molecule has 2 fully saturated rings. The molecule has 152 valence electrons. The highest BCUT2D eigenvalue weighted by Crippen LogP contribution is 2.31. The van der Waals surface area contributed by atoms with E-state index in [2.05, 4.69) is 47.4 Å². The summed E-state index contributed by atoms with van der Waals surface area (Å²) in [6, 6.07) is 9.09. The molecule has 1 heterocycles. The van der Waals surface area contributed by atoms with Gasteiger partial charge >= 0.3 is 0 Å². The molecule has 0 aromatic heterocycles. The van der Waals surface area contributed by atoms with E-state index in [1.807, 2.05) is 25.2 Å². The molecule has 6 heteroatoms. The number of ether oxygens (including phenoxy) is 1. The van der Waals surface area contributed by atoms with Gasteiger partial charge in [-0.15, -0.1) is 24.0 Å². The van der Waals surface area contributed by atoms with Gasteiger partial charge in [0.2, 0.25) is 0 Å². The Hall–Kier alpha value is -1.02. The van der Waals surface area contributed by atoms with E-state index in [9.17, 15) is 0 Å². The van der Waals surface area contributed by atoms with E-state index in [1.165, 1.54) is 32.4 Å². The van der Waals surface area contributed by atoms with Crippen molar-refractivity contribution in [3.05, 3.63) is 29.8 Å². The summed E-state index contributed by atoms with van der Waals surface area (Å²) in [4.78, 5) is 7.03. The highest BCUT2D eigenvalue weighted by Gasteiger charge is 2.34. The maximum atomic E-state index is 6.07. The van der Waals surface area contributed by atoms with Gasteiger partial charge in [0.05, 0.1) is 0 Å². The predicted molar refractivity (Wildman–Crippen MR) is 123 cm³/mol. The number of nitrogens with zero attached hydrogens (tertiary/aromatic N) is 2. The molecule has 1 unspecified atom stereocenters. The van der Waals surface area contributed by atoms with Crippen molar-refractivity contribution in [2.75, 3.05) is 26.7 Å². The highest BCUT2D eigenvalue weighted by molar-refractivity contribution is 14.0. The lowest BCUT2D eigenvalue weighted by molar-refractivity contribution is 0.129. The van der Waals surface area contributed by atoms with Gasteiger partial charge in [0, 0.05) is 38.3 Å². The van der Waals surface area contributed by atoms with Gasteiger partial charge in [-0.05, 0) is 58.6 Å². The molecule has 2 aliphatic rings. The fourth-order valence-corrected chi connectivity index (χ4v) is 3.52.